The number of hydrogen-bond donors (Lipinski definition) is 4. The van der Waals surface area contributed by atoms with Crippen molar-refractivity contribution in [2.75, 3.05) is 13.7 Å². The van der Waals surface area contributed by atoms with Crippen molar-refractivity contribution in [3.63, 3.8) is 0 Å². The number of carboxylic acid groups (broad SMARTS) is 1. The van der Waals surface area contributed by atoms with E-state index in [0.717, 1.165) is 0 Å². The van der Waals surface area contributed by atoms with Gasteiger partial charge < -0.3 is 26.2 Å². The minimum absolute atomic E-state index is 0.0480. The molecule has 0 aliphatic carbocycles. The maximum atomic E-state index is 11.4. The van der Waals surface area contributed by atoms with Crippen molar-refractivity contribution in [2.24, 2.45) is 5.73 Å². The van der Waals surface area contributed by atoms with Crippen molar-refractivity contribution < 1.29 is 24.2 Å². The van der Waals surface area contributed by atoms with Crippen molar-refractivity contribution in [1.82, 2.24) is 10.6 Å². The average molecular weight is 247 g/mol. The highest BCUT2D eigenvalue weighted by Crippen LogP contribution is 1.95. The fourth-order valence-electron chi connectivity index (χ4n) is 1.08. The van der Waals surface area contributed by atoms with Crippen LogP contribution in [0, 0.1) is 0 Å². The summed E-state index contributed by atoms with van der Waals surface area (Å²) >= 11 is 0. The quantitative estimate of drug-likeness (QED) is 0.441. The lowest BCUT2D eigenvalue weighted by Gasteiger charge is -2.16. The number of carboxylic acids is 1. The second-order valence-corrected chi connectivity index (χ2v) is 3.43. The van der Waals surface area contributed by atoms with E-state index >= 15 is 0 Å². The third kappa shape index (κ3) is 7.12. The smallest absolute Gasteiger partial charge is 0.312 e. The highest BCUT2D eigenvalue weighted by atomic mass is 16.5. The highest BCUT2D eigenvalue weighted by molar-refractivity contribution is 5.86. The summed E-state index contributed by atoms with van der Waals surface area (Å²) in [6, 6.07) is -1.59. The molecule has 0 bridgehead atoms. The van der Waals surface area contributed by atoms with E-state index in [1.54, 1.807) is 0 Å². The van der Waals surface area contributed by atoms with Crippen molar-refractivity contribution in [1.29, 1.82) is 0 Å². The van der Waals surface area contributed by atoms with Crippen LogP contribution in [0.25, 0.3) is 0 Å². The molecule has 8 nitrogen and oxygen atoms in total. The fourth-order valence-corrected chi connectivity index (χ4v) is 1.08. The fraction of sp³-hybridized carbons (Fsp3) is 0.667. The van der Waals surface area contributed by atoms with Crippen LogP contribution in [0.5, 0.6) is 0 Å². The Morgan fingerprint density at radius 3 is 2.41 bits per heavy atom. The first-order chi connectivity index (χ1) is 7.86. The van der Waals surface area contributed by atoms with Gasteiger partial charge in [-0.3, -0.25) is 9.59 Å². The molecule has 0 fully saturated rings. The molecule has 0 rings (SSSR count). The van der Waals surface area contributed by atoms with Gasteiger partial charge >= 0.3 is 12.0 Å². The molecule has 0 saturated heterocycles. The van der Waals surface area contributed by atoms with Gasteiger partial charge in [-0.15, -0.1) is 0 Å². The molecule has 0 aromatic carbocycles. The van der Waals surface area contributed by atoms with Gasteiger partial charge in [0.25, 0.3) is 0 Å². The maximum absolute atomic E-state index is 11.4. The summed E-state index contributed by atoms with van der Waals surface area (Å²) in [5, 5.41) is 13.2. The summed E-state index contributed by atoms with van der Waals surface area (Å²) in [6.07, 6.45) is -0.828. The Hall–Kier alpha value is -1.83. The molecule has 8 heteroatoms. The summed E-state index contributed by atoms with van der Waals surface area (Å²) in [4.78, 5) is 32.3. The zero-order valence-electron chi connectivity index (χ0n) is 9.73. The number of rotatable bonds is 7. The predicted octanol–water partition coefficient (Wildman–Crippen LogP) is -1.35. The molecule has 0 aromatic rings. The van der Waals surface area contributed by atoms with Crippen LogP contribution in [0.4, 0.5) is 4.79 Å². The van der Waals surface area contributed by atoms with Crippen molar-refractivity contribution in [3.8, 4) is 0 Å². The van der Waals surface area contributed by atoms with Gasteiger partial charge in [-0.05, 0) is 6.92 Å². The second kappa shape index (κ2) is 7.44. The van der Waals surface area contributed by atoms with Gasteiger partial charge in [0.05, 0.1) is 12.5 Å². The maximum Gasteiger partial charge on any atom is 0.312 e. The highest BCUT2D eigenvalue weighted by Gasteiger charge is 2.17. The normalized spacial score (nSPS) is 13.5. The number of methoxy groups -OCH3 is 1. The van der Waals surface area contributed by atoms with E-state index in [4.69, 9.17) is 15.6 Å². The van der Waals surface area contributed by atoms with Crippen LogP contribution in [0.1, 0.15) is 13.3 Å². The number of primary amides is 1. The third-order valence-electron chi connectivity index (χ3n) is 1.99. The Kier molecular flexibility index (Phi) is 6.64. The van der Waals surface area contributed by atoms with E-state index in [1.165, 1.54) is 14.0 Å². The SMILES string of the molecule is COC(CNC(=O)C(C)NC(N)=O)CC(=O)O. The third-order valence-corrected chi connectivity index (χ3v) is 1.99. The standard InChI is InChI=1S/C9H17N3O5/c1-5(12-9(10)16)8(15)11-4-6(17-2)3-7(13)14/h5-6H,3-4H2,1-2H3,(H,11,15)(H,13,14)(H3,10,12,16). The van der Waals surface area contributed by atoms with Gasteiger partial charge in [0, 0.05) is 13.7 Å². The molecule has 0 heterocycles. The van der Waals surface area contributed by atoms with E-state index in [0.29, 0.717) is 0 Å². The molecule has 3 amide bonds. The number of amides is 3. The first kappa shape index (κ1) is 15.2. The van der Waals surface area contributed by atoms with Crippen LogP contribution in [-0.2, 0) is 14.3 Å². The molecule has 2 atom stereocenters. The summed E-state index contributed by atoms with van der Waals surface area (Å²) < 4.78 is 4.86. The Bertz CT molecular complexity index is 294. The average Bonchev–Trinajstić information content (AvgIpc) is 2.22. The number of aliphatic carboxylic acids is 1. The van der Waals surface area contributed by atoms with Gasteiger partial charge in [0.15, 0.2) is 0 Å². The topological polar surface area (TPSA) is 131 Å². The van der Waals surface area contributed by atoms with Crippen molar-refractivity contribution in [2.45, 2.75) is 25.5 Å². The number of hydrogen-bond acceptors (Lipinski definition) is 4. The summed E-state index contributed by atoms with van der Waals surface area (Å²) in [7, 11) is 1.35. The van der Waals surface area contributed by atoms with Crippen LogP contribution < -0.4 is 16.4 Å². The lowest BCUT2D eigenvalue weighted by atomic mass is 10.2. The van der Waals surface area contributed by atoms with Gasteiger partial charge in [-0.2, -0.15) is 0 Å². The summed E-state index contributed by atoms with van der Waals surface area (Å²) in [5.41, 5.74) is 4.85. The van der Waals surface area contributed by atoms with Crippen LogP contribution in [0.15, 0.2) is 0 Å². The van der Waals surface area contributed by atoms with Crippen molar-refractivity contribution >= 4 is 17.9 Å². The zero-order chi connectivity index (χ0) is 13.4. The van der Waals surface area contributed by atoms with E-state index < -0.39 is 30.1 Å². The zero-order valence-corrected chi connectivity index (χ0v) is 9.73. The number of carbonyl (C=O) groups excluding carboxylic acids is 2. The van der Waals surface area contributed by atoms with E-state index in [1.807, 2.05) is 0 Å². The number of urea groups is 1. The first-order valence-corrected chi connectivity index (χ1v) is 4.95. The summed E-state index contributed by atoms with van der Waals surface area (Å²) in [5.74, 6) is -1.48. The van der Waals surface area contributed by atoms with Crippen LogP contribution >= 0.6 is 0 Å². The van der Waals surface area contributed by atoms with Crippen LogP contribution in [0.3, 0.4) is 0 Å². The monoisotopic (exact) mass is 247 g/mol. The molecule has 0 aromatic heterocycles. The molecule has 17 heavy (non-hydrogen) atoms. The molecule has 0 saturated carbocycles. The number of carbonyl (C=O) groups is 3. The summed E-state index contributed by atoms with van der Waals surface area (Å²) in [6.45, 7) is 1.51. The Labute approximate surface area is 98.5 Å². The Morgan fingerprint density at radius 2 is 2.00 bits per heavy atom. The molecule has 98 valence electrons. The Balaban J connectivity index is 4.03. The van der Waals surface area contributed by atoms with E-state index in [2.05, 4.69) is 10.6 Å². The molecular weight excluding hydrogens is 230 g/mol. The molecule has 0 radical (unpaired) electrons. The molecular formula is C9H17N3O5. The second-order valence-electron chi connectivity index (χ2n) is 3.43. The predicted molar refractivity (Wildman–Crippen MR) is 58.2 cm³/mol. The van der Waals surface area contributed by atoms with Gasteiger partial charge in [0.1, 0.15) is 6.04 Å². The molecule has 2 unspecified atom stereocenters. The van der Waals surface area contributed by atoms with Gasteiger partial charge in [-0.25, -0.2) is 4.79 Å². The number of ether oxygens (including phenoxy) is 1. The van der Waals surface area contributed by atoms with E-state index in [9.17, 15) is 14.4 Å². The lowest BCUT2D eigenvalue weighted by Crippen LogP contribution is -2.48. The van der Waals surface area contributed by atoms with Crippen LogP contribution in [-0.4, -0.2) is 48.8 Å². The molecule has 0 aliphatic heterocycles. The lowest BCUT2D eigenvalue weighted by molar-refractivity contribution is -0.140. The van der Waals surface area contributed by atoms with E-state index in [-0.39, 0.29) is 13.0 Å². The van der Waals surface area contributed by atoms with Crippen molar-refractivity contribution in [3.05, 3.63) is 0 Å². The van der Waals surface area contributed by atoms with Crippen LogP contribution in [0.2, 0.25) is 0 Å². The van der Waals surface area contributed by atoms with Gasteiger partial charge in [-0.1, -0.05) is 0 Å². The number of nitrogens with one attached hydrogen (secondary N) is 2. The molecule has 5 N–H and O–H groups in total. The molecule has 0 spiro atoms. The number of nitrogens with two attached hydrogens (primary N) is 1. The Morgan fingerprint density at radius 1 is 1.41 bits per heavy atom. The molecule has 0 aliphatic rings. The minimum atomic E-state index is -1.02. The largest absolute Gasteiger partial charge is 0.481 e. The van der Waals surface area contributed by atoms with Gasteiger partial charge in [0.2, 0.25) is 5.91 Å². The first-order valence-electron chi connectivity index (χ1n) is 4.95. The minimum Gasteiger partial charge on any atom is -0.481 e.